The minimum absolute atomic E-state index is 0.0950. The quantitative estimate of drug-likeness (QED) is 0.749. The second-order valence-corrected chi connectivity index (χ2v) is 9.18. The van der Waals surface area contributed by atoms with E-state index in [1.807, 2.05) is 32.6 Å². The van der Waals surface area contributed by atoms with Crippen LogP contribution in [0, 0.1) is 6.92 Å². The van der Waals surface area contributed by atoms with Gasteiger partial charge in [-0.05, 0) is 65.7 Å². The maximum atomic E-state index is 12.7. The first kappa shape index (κ1) is 21.5. The van der Waals surface area contributed by atoms with Crippen LogP contribution in [0.15, 0.2) is 24.4 Å². The maximum absolute atomic E-state index is 12.7. The van der Waals surface area contributed by atoms with E-state index in [1.54, 1.807) is 6.20 Å². The Labute approximate surface area is 174 Å². The van der Waals surface area contributed by atoms with E-state index in [0.717, 1.165) is 29.7 Å². The van der Waals surface area contributed by atoms with E-state index in [1.165, 1.54) is 5.56 Å². The van der Waals surface area contributed by atoms with Crippen LogP contribution in [0.3, 0.4) is 0 Å². The number of nitrogens with zero attached hydrogens (tertiary/aromatic N) is 4. The highest BCUT2D eigenvalue weighted by atomic mass is 16.6. The third-order valence-corrected chi connectivity index (χ3v) is 5.65. The van der Waals surface area contributed by atoms with Crippen LogP contribution < -0.4 is 0 Å². The highest BCUT2D eigenvalue weighted by Gasteiger charge is 2.37. The van der Waals surface area contributed by atoms with Gasteiger partial charge in [-0.15, -0.1) is 0 Å². The average molecular weight is 399 g/mol. The van der Waals surface area contributed by atoms with Crippen molar-refractivity contribution in [3.05, 3.63) is 35.7 Å². The normalized spacial score (nSPS) is 22.0. The van der Waals surface area contributed by atoms with Crippen LogP contribution in [-0.2, 0) is 4.74 Å². The van der Waals surface area contributed by atoms with Gasteiger partial charge in [0.1, 0.15) is 5.60 Å². The van der Waals surface area contributed by atoms with Gasteiger partial charge in [0.2, 0.25) is 0 Å². The smallest absolute Gasteiger partial charge is 0.410 e. The van der Waals surface area contributed by atoms with Crippen molar-refractivity contribution < 1.29 is 9.53 Å². The molecule has 0 aliphatic carbocycles. The third-order valence-electron chi connectivity index (χ3n) is 5.65. The number of fused-ring (bicyclic) bond motifs is 1. The molecule has 29 heavy (non-hydrogen) atoms. The topological polar surface area (TPSA) is 58.6 Å². The zero-order valence-electron chi connectivity index (χ0n) is 18.8. The number of piperazine rings is 1. The van der Waals surface area contributed by atoms with Crippen molar-refractivity contribution in [1.29, 1.82) is 0 Å². The molecule has 6 heteroatoms. The predicted octanol–water partition coefficient (Wildman–Crippen LogP) is 4.72. The Bertz CT molecular complexity index is 877. The first-order valence-corrected chi connectivity index (χ1v) is 10.6. The molecule has 1 fully saturated rings. The van der Waals surface area contributed by atoms with Gasteiger partial charge in [0, 0.05) is 37.4 Å². The first-order valence-electron chi connectivity index (χ1n) is 10.6. The van der Waals surface area contributed by atoms with Gasteiger partial charge >= 0.3 is 6.09 Å². The Morgan fingerprint density at radius 2 is 2.00 bits per heavy atom. The number of carbonyl (C=O) groups excluding carboxylic acids is 1. The summed E-state index contributed by atoms with van der Waals surface area (Å²) < 4.78 is 5.63. The molecule has 0 bridgehead atoms. The van der Waals surface area contributed by atoms with Crippen molar-refractivity contribution in [2.75, 3.05) is 13.1 Å². The lowest BCUT2D eigenvalue weighted by Gasteiger charge is -2.47. The number of amides is 1. The van der Waals surface area contributed by atoms with E-state index in [9.17, 15) is 4.79 Å². The maximum Gasteiger partial charge on any atom is 0.410 e. The summed E-state index contributed by atoms with van der Waals surface area (Å²) in [6, 6.07) is 6.96. The van der Waals surface area contributed by atoms with E-state index in [4.69, 9.17) is 4.74 Å². The molecule has 1 unspecified atom stereocenters. The molecule has 0 spiro atoms. The first-order chi connectivity index (χ1) is 13.6. The third kappa shape index (κ3) is 4.86. The molecule has 1 saturated heterocycles. The van der Waals surface area contributed by atoms with Gasteiger partial charge in [-0.1, -0.05) is 13.0 Å². The van der Waals surface area contributed by atoms with Crippen LogP contribution in [0.1, 0.15) is 65.3 Å². The van der Waals surface area contributed by atoms with Crippen LogP contribution in [0.4, 0.5) is 4.79 Å². The number of ether oxygens (including phenoxy) is 1. The minimum Gasteiger partial charge on any atom is -0.444 e. The summed E-state index contributed by atoms with van der Waals surface area (Å²) in [6.07, 6.45) is 2.56. The largest absolute Gasteiger partial charge is 0.444 e. The van der Waals surface area contributed by atoms with Crippen LogP contribution in [0.25, 0.3) is 11.0 Å². The van der Waals surface area contributed by atoms with Gasteiger partial charge in [0.05, 0.1) is 16.7 Å². The lowest BCUT2D eigenvalue weighted by atomic mass is 9.98. The molecule has 1 aliphatic rings. The van der Waals surface area contributed by atoms with Crippen molar-refractivity contribution in [3.63, 3.8) is 0 Å². The van der Waals surface area contributed by atoms with Gasteiger partial charge in [0.25, 0.3) is 0 Å². The molecule has 2 heterocycles. The summed E-state index contributed by atoms with van der Waals surface area (Å²) in [5.74, 6) is 0. The second kappa shape index (κ2) is 8.27. The number of hydrogen-bond donors (Lipinski definition) is 0. The number of carbonyl (C=O) groups is 1. The second-order valence-electron chi connectivity index (χ2n) is 9.18. The van der Waals surface area contributed by atoms with Gasteiger partial charge in [-0.25, -0.2) is 9.78 Å². The van der Waals surface area contributed by atoms with Crippen LogP contribution in [0.2, 0.25) is 0 Å². The van der Waals surface area contributed by atoms with Crippen molar-refractivity contribution in [3.8, 4) is 0 Å². The molecule has 3 rings (SSSR count). The van der Waals surface area contributed by atoms with E-state index >= 15 is 0 Å². The predicted molar refractivity (Wildman–Crippen MR) is 116 cm³/mol. The van der Waals surface area contributed by atoms with Crippen molar-refractivity contribution >= 4 is 17.1 Å². The summed E-state index contributed by atoms with van der Waals surface area (Å²) in [7, 11) is 0. The van der Waals surface area contributed by atoms with E-state index in [-0.39, 0.29) is 24.2 Å². The standard InChI is InChI=1S/C23H34N4O2/c1-8-19-14-26(22(28)29-23(5,6)7)16(3)13-27(19)17(4)18-9-10-20-21(11-18)25-15(2)12-24-20/h9-12,16-17,19H,8,13-14H2,1-7H3/t16-,17?,19+/m0/s1. The number of benzene rings is 1. The zero-order chi connectivity index (χ0) is 21.3. The minimum atomic E-state index is -0.479. The van der Waals surface area contributed by atoms with Gasteiger partial charge in [0.15, 0.2) is 0 Å². The number of aryl methyl sites for hydroxylation is 1. The van der Waals surface area contributed by atoms with Crippen LogP contribution >= 0.6 is 0 Å². The van der Waals surface area contributed by atoms with Crippen molar-refractivity contribution in [2.45, 2.75) is 78.6 Å². The molecule has 6 nitrogen and oxygen atoms in total. The fourth-order valence-corrected chi connectivity index (χ4v) is 4.05. The van der Waals surface area contributed by atoms with Crippen molar-refractivity contribution in [1.82, 2.24) is 19.8 Å². The van der Waals surface area contributed by atoms with E-state index in [2.05, 4.69) is 53.8 Å². The van der Waals surface area contributed by atoms with Gasteiger partial charge in [-0.3, -0.25) is 9.88 Å². The number of hydrogen-bond acceptors (Lipinski definition) is 5. The molecule has 0 N–H and O–H groups in total. The number of aromatic nitrogens is 2. The molecular formula is C23H34N4O2. The van der Waals surface area contributed by atoms with Crippen LogP contribution in [-0.4, -0.2) is 56.6 Å². The lowest BCUT2D eigenvalue weighted by molar-refractivity contribution is -0.0223. The summed E-state index contributed by atoms with van der Waals surface area (Å²) >= 11 is 0. The number of rotatable bonds is 3. The Hall–Kier alpha value is -2.21. The molecule has 0 radical (unpaired) electrons. The fraction of sp³-hybridized carbons (Fsp3) is 0.609. The molecular weight excluding hydrogens is 364 g/mol. The van der Waals surface area contributed by atoms with Crippen LogP contribution in [0.5, 0.6) is 0 Å². The molecule has 1 aromatic heterocycles. The Balaban J connectivity index is 1.80. The summed E-state index contributed by atoms with van der Waals surface area (Å²) in [5.41, 5.74) is 3.53. The molecule has 2 aromatic rings. The molecule has 1 amide bonds. The molecule has 1 aliphatic heterocycles. The van der Waals surface area contributed by atoms with Gasteiger partial charge in [-0.2, -0.15) is 0 Å². The van der Waals surface area contributed by atoms with E-state index < -0.39 is 5.60 Å². The molecule has 1 aromatic carbocycles. The van der Waals surface area contributed by atoms with Gasteiger partial charge < -0.3 is 9.64 Å². The summed E-state index contributed by atoms with van der Waals surface area (Å²) in [4.78, 5) is 26.2. The monoisotopic (exact) mass is 398 g/mol. The molecule has 0 saturated carbocycles. The fourth-order valence-electron chi connectivity index (χ4n) is 4.05. The SMILES string of the molecule is CC[C@@H]1CN(C(=O)OC(C)(C)C)[C@@H](C)CN1C(C)c1ccc2ncc(C)nc2c1. The lowest BCUT2D eigenvalue weighted by Crippen LogP contribution is -2.59. The Morgan fingerprint density at radius 3 is 2.66 bits per heavy atom. The summed E-state index contributed by atoms with van der Waals surface area (Å²) in [5, 5.41) is 0. The van der Waals surface area contributed by atoms with Crippen molar-refractivity contribution in [2.24, 2.45) is 0 Å². The summed E-state index contributed by atoms with van der Waals surface area (Å²) in [6.45, 7) is 15.7. The average Bonchev–Trinajstić information content (AvgIpc) is 2.65. The Morgan fingerprint density at radius 1 is 1.28 bits per heavy atom. The molecule has 158 valence electrons. The highest BCUT2D eigenvalue weighted by Crippen LogP contribution is 2.30. The highest BCUT2D eigenvalue weighted by molar-refractivity contribution is 5.75. The van der Waals surface area contributed by atoms with E-state index in [0.29, 0.717) is 6.54 Å². The Kier molecular flexibility index (Phi) is 6.13. The molecule has 3 atom stereocenters. The zero-order valence-corrected chi connectivity index (χ0v) is 18.8.